The number of halogens is 3. The summed E-state index contributed by atoms with van der Waals surface area (Å²) in [5.74, 6) is -1.95. The lowest BCUT2D eigenvalue weighted by Gasteiger charge is -2.32. The molecule has 0 unspecified atom stereocenters. The zero-order chi connectivity index (χ0) is 23.4. The Bertz CT molecular complexity index is 740. The summed E-state index contributed by atoms with van der Waals surface area (Å²) in [6.07, 6.45) is -1.96. The fourth-order valence-electron chi connectivity index (χ4n) is 4.20. The highest BCUT2D eigenvalue weighted by Gasteiger charge is 2.46. The maximum atomic E-state index is 12.8. The third kappa shape index (κ3) is 7.58. The zero-order valence-electron chi connectivity index (χ0n) is 17.6. The molecule has 3 aliphatic heterocycles. The molecule has 3 atom stereocenters. The molecule has 3 heterocycles. The zero-order valence-corrected chi connectivity index (χ0v) is 18.4. The molecule has 0 aromatic carbocycles. The van der Waals surface area contributed by atoms with Crippen molar-refractivity contribution in [3.63, 3.8) is 0 Å². The van der Waals surface area contributed by atoms with Crippen LogP contribution in [0.5, 0.6) is 0 Å². The summed E-state index contributed by atoms with van der Waals surface area (Å²) in [5, 5.41) is 7.12. The number of nitrogens with zero attached hydrogens (tertiary/aromatic N) is 2. The van der Waals surface area contributed by atoms with E-state index in [0.717, 1.165) is 32.5 Å². The first kappa shape index (κ1) is 25.8. The summed E-state index contributed by atoms with van der Waals surface area (Å²) in [7, 11) is -3.19. The van der Waals surface area contributed by atoms with Crippen LogP contribution in [0.15, 0.2) is 0 Å². The predicted octanol–water partition coefficient (Wildman–Crippen LogP) is 0.374. The van der Waals surface area contributed by atoms with Crippen LogP contribution < -0.4 is 4.72 Å². The Hall–Kier alpha value is -1.44. The van der Waals surface area contributed by atoms with Crippen molar-refractivity contribution in [2.45, 2.75) is 32.0 Å². The number of aliphatic carboxylic acids is 1. The lowest BCUT2D eigenvalue weighted by atomic mass is 9.93. The van der Waals surface area contributed by atoms with Crippen LogP contribution in [0.1, 0.15) is 19.8 Å². The van der Waals surface area contributed by atoms with Crippen LogP contribution in [0.3, 0.4) is 0 Å². The van der Waals surface area contributed by atoms with Crippen LogP contribution in [-0.2, 0) is 24.3 Å². The minimum Gasteiger partial charge on any atom is -0.475 e. The summed E-state index contributed by atoms with van der Waals surface area (Å²) >= 11 is 0. The molecule has 0 radical (unpaired) electrons. The molecule has 3 saturated heterocycles. The molecule has 13 heteroatoms. The fourth-order valence-corrected chi connectivity index (χ4v) is 4.72. The van der Waals surface area contributed by atoms with Crippen LogP contribution in [0.2, 0.25) is 0 Å². The Balaban J connectivity index is 0.000000423. The largest absolute Gasteiger partial charge is 0.490 e. The quantitative estimate of drug-likeness (QED) is 0.593. The maximum absolute atomic E-state index is 12.8. The molecule has 0 aromatic heterocycles. The number of sulfonamides is 1. The SMILES string of the molecule is CCN1CCC(C(=O)N2C[C@@H]3[C@@H](CNS(C)(=O)=O)CO[C@@H]3C2)CC1.O=C(O)C(F)(F)F. The van der Waals surface area contributed by atoms with Crippen molar-refractivity contribution in [3.05, 3.63) is 0 Å². The second kappa shape index (κ2) is 10.5. The Labute approximate surface area is 179 Å². The van der Waals surface area contributed by atoms with Gasteiger partial charge in [-0.25, -0.2) is 17.9 Å². The van der Waals surface area contributed by atoms with Gasteiger partial charge in [0.05, 0.1) is 19.0 Å². The van der Waals surface area contributed by atoms with Crippen molar-refractivity contribution in [2.75, 3.05) is 52.1 Å². The number of fused-ring (bicyclic) bond motifs is 1. The molecular weight excluding hydrogens is 443 g/mol. The number of amides is 1. The van der Waals surface area contributed by atoms with Crippen molar-refractivity contribution in [3.8, 4) is 0 Å². The van der Waals surface area contributed by atoms with E-state index in [1.165, 1.54) is 6.26 Å². The van der Waals surface area contributed by atoms with Crippen molar-refractivity contribution in [1.82, 2.24) is 14.5 Å². The molecule has 1 amide bonds. The second-order valence-corrected chi connectivity index (χ2v) is 10.0. The van der Waals surface area contributed by atoms with Gasteiger partial charge in [-0.05, 0) is 32.5 Å². The number of carboxylic acids is 1. The normalized spacial score (nSPS) is 27.5. The first-order chi connectivity index (χ1) is 14.3. The minimum atomic E-state index is -5.08. The number of carbonyl (C=O) groups excluding carboxylic acids is 1. The number of nitrogens with one attached hydrogen (secondary N) is 1. The fraction of sp³-hybridized carbons (Fsp3) is 0.889. The van der Waals surface area contributed by atoms with Gasteiger partial charge in [-0.2, -0.15) is 13.2 Å². The van der Waals surface area contributed by atoms with E-state index in [1.54, 1.807) is 0 Å². The van der Waals surface area contributed by atoms with Gasteiger partial charge in [0, 0.05) is 37.4 Å². The Kier molecular flexibility index (Phi) is 8.70. The lowest BCUT2D eigenvalue weighted by Crippen LogP contribution is -2.42. The van der Waals surface area contributed by atoms with Gasteiger partial charge in [-0.1, -0.05) is 6.92 Å². The summed E-state index contributed by atoms with van der Waals surface area (Å²) in [6, 6.07) is 0. The van der Waals surface area contributed by atoms with Crippen molar-refractivity contribution >= 4 is 21.9 Å². The highest BCUT2D eigenvalue weighted by atomic mass is 32.2. The molecule has 3 aliphatic rings. The average molecular weight is 474 g/mol. The molecule has 0 aliphatic carbocycles. The van der Waals surface area contributed by atoms with Crippen LogP contribution in [-0.4, -0.2) is 99.6 Å². The number of piperidine rings is 1. The molecule has 31 heavy (non-hydrogen) atoms. The van der Waals surface area contributed by atoms with Gasteiger partial charge in [0.2, 0.25) is 15.9 Å². The van der Waals surface area contributed by atoms with Crippen molar-refractivity contribution in [2.24, 2.45) is 17.8 Å². The van der Waals surface area contributed by atoms with Gasteiger partial charge >= 0.3 is 12.1 Å². The van der Waals surface area contributed by atoms with Gasteiger partial charge in [0.1, 0.15) is 0 Å². The van der Waals surface area contributed by atoms with E-state index < -0.39 is 22.2 Å². The van der Waals surface area contributed by atoms with E-state index in [0.29, 0.717) is 26.2 Å². The number of hydrogen-bond acceptors (Lipinski definition) is 6. The van der Waals surface area contributed by atoms with Gasteiger partial charge < -0.3 is 19.6 Å². The molecule has 2 N–H and O–H groups in total. The molecule has 3 fully saturated rings. The van der Waals surface area contributed by atoms with Gasteiger partial charge in [-0.3, -0.25) is 4.79 Å². The van der Waals surface area contributed by atoms with E-state index in [-0.39, 0.29) is 29.8 Å². The molecule has 9 nitrogen and oxygen atoms in total. The van der Waals surface area contributed by atoms with E-state index >= 15 is 0 Å². The molecule has 0 saturated carbocycles. The Morgan fingerprint density at radius 3 is 2.26 bits per heavy atom. The summed E-state index contributed by atoms with van der Waals surface area (Å²) in [5.41, 5.74) is 0. The van der Waals surface area contributed by atoms with Gasteiger partial charge in [0.15, 0.2) is 0 Å². The molecule has 0 aromatic rings. The number of carbonyl (C=O) groups is 2. The molecule has 0 bridgehead atoms. The molecule has 3 rings (SSSR count). The lowest BCUT2D eigenvalue weighted by molar-refractivity contribution is -0.192. The summed E-state index contributed by atoms with van der Waals surface area (Å²) in [4.78, 5) is 26.0. The van der Waals surface area contributed by atoms with E-state index in [4.69, 9.17) is 14.6 Å². The summed E-state index contributed by atoms with van der Waals surface area (Å²) in [6.45, 7) is 7.56. The maximum Gasteiger partial charge on any atom is 0.490 e. The van der Waals surface area contributed by atoms with E-state index in [2.05, 4.69) is 16.5 Å². The number of rotatable bonds is 5. The number of carboxylic acid groups (broad SMARTS) is 1. The van der Waals surface area contributed by atoms with E-state index in [1.807, 2.05) is 4.90 Å². The van der Waals surface area contributed by atoms with Crippen LogP contribution >= 0.6 is 0 Å². The molecular formula is C18H30F3N3O6S. The van der Waals surface area contributed by atoms with Crippen LogP contribution in [0.4, 0.5) is 13.2 Å². The Morgan fingerprint density at radius 1 is 1.19 bits per heavy atom. The first-order valence-electron chi connectivity index (χ1n) is 10.2. The topological polar surface area (TPSA) is 116 Å². The van der Waals surface area contributed by atoms with Crippen LogP contribution in [0, 0.1) is 17.8 Å². The van der Waals surface area contributed by atoms with Gasteiger partial charge in [-0.15, -0.1) is 0 Å². The third-order valence-corrected chi connectivity index (χ3v) is 6.68. The first-order valence-corrected chi connectivity index (χ1v) is 12.1. The smallest absolute Gasteiger partial charge is 0.475 e. The average Bonchev–Trinajstić information content (AvgIpc) is 3.26. The third-order valence-electron chi connectivity index (χ3n) is 5.98. The monoisotopic (exact) mass is 473 g/mol. The standard InChI is InChI=1S/C16H29N3O4S.C2HF3O2/c1-3-18-6-4-12(5-7-18)16(20)19-9-14-13(8-17-24(2,21)22)11-23-15(14)10-19;3-2(4,5)1(6)7/h12-15,17H,3-11H2,1-2H3;(H,6,7)/t13-,14+,15+;/m0./s1. The van der Waals surface area contributed by atoms with E-state index in [9.17, 15) is 26.4 Å². The number of likely N-dealkylation sites (tertiary alicyclic amines) is 2. The predicted molar refractivity (Wildman–Crippen MR) is 105 cm³/mol. The van der Waals surface area contributed by atoms with Crippen LogP contribution in [0.25, 0.3) is 0 Å². The number of ether oxygens (including phenoxy) is 1. The highest BCUT2D eigenvalue weighted by molar-refractivity contribution is 7.88. The van der Waals surface area contributed by atoms with Crippen molar-refractivity contribution in [1.29, 1.82) is 0 Å². The Morgan fingerprint density at radius 2 is 1.77 bits per heavy atom. The summed E-state index contributed by atoms with van der Waals surface area (Å²) < 4.78 is 62.7. The minimum absolute atomic E-state index is 0.0658. The number of alkyl halides is 3. The molecule has 0 spiro atoms. The van der Waals surface area contributed by atoms with Gasteiger partial charge in [0.25, 0.3) is 0 Å². The molecule has 180 valence electrons. The second-order valence-electron chi connectivity index (χ2n) is 8.17. The van der Waals surface area contributed by atoms with Crippen molar-refractivity contribution < 1.29 is 41.0 Å². The highest BCUT2D eigenvalue weighted by Crippen LogP contribution is 2.35. The number of hydrogen-bond donors (Lipinski definition) is 2.